The number of rotatable bonds is 6. The first-order valence-corrected chi connectivity index (χ1v) is 10.9. The van der Waals surface area contributed by atoms with Gasteiger partial charge in [0, 0.05) is 29.9 Å². The summed E-state index contributed by atoms with van der Waals surface area (Å²) >= 11 is 5.97. The van der Waals surface area contributed by atoms with E-state index in [-0.39, 0.29) is 5.91 Å². The maximum Gasteiger partial charge on any atom is 0.257 e. The maximum absolute atomic E-state index is 13.0. The summed E-state index contributed by atoms with van der Waals surface area (Å²) in [5.74, 6) is 0.890. The van der Waals surface area contributed by atoms with Crippen molar-refractivity contribution >= 4 is 23.5 Å². The lowest BCUT2D eigenvalue weighted by atomic mass is 9.99. The van der Waals surface area contributed by atoms with Gasteiger partial charge in [-0.3, -0.25) is 14.8 Å². The van der Waals surface area contributed by atoms with Gasteiger partial charge in [-0.2, -0.15) is 5.10 Å². The molecule has 0 bridgehead atoms. The Hall–Kier alpha value is -3.58. The largest absolute Gasteiger partial charge is 0.496 e. The summed E-state index contributed by atoms with van der Waals surface area (Å²) in [5.41, 5.74) is 6.98. The van der Waals surface area contributed by atoms with Gasteiger partial charge in [0.05, 0.1) is 36.8 Å². The molecule has 0 atom stereocenters. The first-order chi connectivity index (χ1) is 15.8. The van der Waals surface area contributed by atoms with Crippen molar-refractivity contribution in [2.75, 3.05) is 12.4 Å². The van der Waals surface area contributed by atoms with E-state index in [0.29, 0.717) is 28.8 Å². The normalized spacial score (nSPS) is 11.0. The van der Waals surface area contributed by atoms with Gasteiger partial charge < -0.3 is 9.30 Å². The van der Waals surface area contributed by atoms with E-state index < -0.39 is 0 Å². The maximum atomic E-state index is 13.0. The minimum Gasteiger partial charge on any atom is -0.496 e. The molecule has 8 heteroatoms. The summed E-state index contributed by atoms with van der Waals surface area (Å²) in [4.78, 5) is 17.5. The lowest BCUT2D eigenvalue weighted by molar-refractivity contribution is 0.102. The smallest absolute Gasteiger partial charge is 0.257 e. The van der Waals surface area contributed by atoms with Gasteiger partial charge in [-0.25, -0.2) is 4.98 Å². The highest BCUT2D eigenvalue weighted by molar-refractivity contribution is 6.30. The number of nitrogens with zero attached hydrogens (tertiary/aromatic N) is 4. The number of hydrogen-bond acceptors (Lipinski definition) is 4. The number of carbonyl (C=O) groups excluding carboxylic acids is 1. The number of nitrogens with one attached hydrogen (secondary N) is 1. The van der Waals surface area contributed by atoms with Crippen LogP contribution in [-0.4, -0.2) is 32.3 Å². The van der Waals surface area contributed by atoms with Crippen LogP contribution in [0, 0.1) is 20.8 Å². The predicted octanol–water partition coefficient (Wildman–Crippen LogP) is 5.17. The van der Waals surface area contributed by atoms with Crippen LogP contribution in [0.15, 0.2) is 48.9 Å². The summed E-state index contributed by atoms with van der Waals surface area (Å²) in [6.45, 7) is 6.70. The molecule has 0 saturated carbocycles. The second kappa shape index (κ2) is 9.11. The van der Waals surface area contributed by atoms with E-state index in [1.807, 2.05) is 11.6 Å². The number of carbonyl (C=O) groups is 1. The fraction of sp³-hybridized carbons (Fsp3) is 0.240. The Morgan fingerprint density at radius 3 is 2.55 bits per heavy atom. The molecule has 170 valence electrons. The minimum atomic E-state index is -0.255. The molecule has 0 fully saturated rings. The first kappa shape index (κ1) is 22.6. The number of methoxy groups -OCH3 is 1. The molecule has 0 unspecified atom stereocenters. The van der Waals surface area contributed by atoms with Crippen LogP contribution in [0.3, 0.4) is 0 Å². The molecule has 0 aliphatic heterocycles. The second-order valence-corrected chi connectivity index (χ2v) is 8.55. The van der Waals surface area contributed by atoms with Crippen LogP contribution in [0.25, 0.3) is 11.3 Å². The zero-order chi connectivity index (χ0) is 23.7. The Morgan fingerprint density at radius 1 is 1.09 bits per heavy atom. The van der Waals surface area contributed by atoms with Gasteiger partial charge in [0.2, 0.25) is 5.95 Å². The number of imidazole rings is 1. The molecule has 0 aliphatic rings. The number of ether oxygens (including phenoxy) is 1. The van der Waals surface area contributed by atoms with Gasteiger partial charge >= 0.3 is 0 Å². The van der Waals surface area contributed by atoms with E-state index in [4.69, 9.17) is 16.3 Å². The van der Waals surface area contributed by atoms with Gasteiger partial charge in [-0.05, 0) is 61.7 Å². The van der Waals surface area contributed by atoms with Gasteiger partial charge in [-0.1, -0.05) is 17.7 Å². The van der Waals surface area contributed by atoms with E-state index in [9.17, 15) is 4.79 Å². The molecule has 2 aromatic heterocycles. The van der Waals surface area contributed by atoms with Crippen LogP contribution in [0.4, 0.5) is 5.95 Å². The fourth-order valence-corrected chi connectivity index (χ4v) is 3.99. The third-order valence-electron chi connectivity index (χ3n) is 5.81. The quantitative estimate of drug-likeness (QED) is 0.428. The zero-order valence-electron chi connectivity index (χ0n) is 19.3. The SMILES string of the molecule is COc1ccc(C(=O)Nc2ncc(-c3cc(C)c(C)cc3C)n2C)cc1Cn1cc(Cl)cn1. The molecular formula is C25H26ClN5O2. The molecule has 1 amide bonds. The Balaban J connectivity index is 1.59. The Kier molecular flexibility index (Phi) is 6.24. The Labute approximate surface area is 198 Å². The number of aromatic nitrogens is 4. The van der Waals surface area contributed by atoms with Gasteiger partial charge in [-0.15, -0.1) is 0 Å². The monoisotopic (exact) mass is 463 g/mol. The average Bonchev–Trinajstić information content (AvgIpc) is 3.36. The molecule has 4 aromatic rings. The van der Waals surface area contributed by atoms with Crippen molar-refractivity contribution in [2.24, 2.45) is 7.05 Å². The third-order valence-corrected chi connectivity index (χ3v) is 6.00. The Morgan fingerprint density at radius 2 is 1.85 bits per heavy atom. The van der Waals surface area contributed by atoms with Crippen molar-refractivity contribution in [3.05, 3.63) is 81.8 Å². The highest BCUT2D eigenvalue weighted by Gasteiger charge is 2.16. The van der Waals surface area contributed by atoms with Crippen LogP contribution in [0.2, 0.25) is 5.02 Å². The van der Waals surface area contributed by atoms with E-state index in [1.54, 1.807) is 48.6 Å². The van der Waals surface area contributed by atoms with Crippen molar-refractivity contribution in [3.8, 4) is 17.0 Å². The van der Waals surface area contributed by atoms with E-state index in [2.05, 4.69) is 48.3 Å². The number of anilines is 1. The Bertz CT molecular complexity index is 1340. The van der Waals surface area contributed by atoms with Crippen molar-refractivity contribution in [2.45, 2.75) is 27.3 Å². The molecule has 1 N–H and O–H groups in total. The average molecular weight is 464 g/mol. The number of amides is 1. The van der Waals surface area contributed by atoms with Crippen molar-refractivity contribution in [1.82, 2.24) is 19.3 Å². The molecule has 33 heavy (non-hydrogen) atoms. The molecular weight excluding hydrogens is 438 g/mol. The van der Waals surface area contributed by atoms with Crippen LogP contribution in [0.1, 0.15) is 32.6 Å². The predicted molar refractivity (Wildman–Crippen MR) is 130 cm³/mol. The van der Waals surface area contributed by atoms with Crippen molar-refractivity contribution in [1.29, 1.82) is 0 Å². The first-order valence-electron chi connectivity index (χ1n) is 10.5. The van der Waals surface area contributed by atoms with Crippen molar-refractivity contribution in [3.63, 3.8) is 0 Å². The standard InChI is InChI=1S/C25H26ClN5O2/c1-15-8-17(3)21(9-16(15)2)22-12-27-25(30(22)4)29-24(32)18-6-7-23(33-5)19(10-18)13-31-14-20(26)11-28-31/h6-12,14H,13H2,1-5H3,(H,27,29,32). The lowest BCUT2D eigenvalue weighted by Gasteiger charge is -2.13. The summed E-state index contributed by atoms with van der Waals surface area (Å²) in [6.07, 6.45) is 5.08. The number of hydrogen-bond donors (Lipinski definition) is 1. The summed E-state index contributed by atoms with van der Waals surface area (Å²) in [6, 6.07) is 9.62. The van der Waals surface area contributed by atoms with Crippen LogP contribution >= 0.6 is 11.6 Å². The second-order valence-electron chi connectivity index (χ2n) is 8.11. The number of halogens is 1. The fourth-order valence-electron chi connectivity index (χ4n) is 3.83. The topological polar surface area (TPSA) is 74.0 Å². The molecule has 0 radical (unpaired) electrons. The van der Waals surface area contributed by atoms with E-state index in [0.717, 1.165) is 22.4 Å². The summed E-state index contributed by atoms with van der Waals surface area (Å²) < 4.78 is 9.04. The summed E-state index contributed by atoms with van der Waals surface area (Å²) in [7, 11) is 3.49. The van der Waals surface area contributed by atoms with Gasteiger partial charge in [0.1, 0.15) is 5.75 Å². The molecule has 2 heterocycles. The van der Waals surface area contributed by atoms with Crippen molar-refractivity contribution < 1.29 is 9.53 Å². The molecule has 0 aliphatic carbocycles. The number of benzene rings is 2. The zero-order valence-corrected chi connectivity index (χ0v) is 20.1. The van der Waals surface area contributed by atoms with Gasteiger partial charge in [0.15, 0.2) is 0 Å². The minimum absolute atomic E-state index is 0.255. The lowest BCUT2D eigenvalue weighted by Crippen LogP contribution is -2.16. The molecule has 0 saturated heterocycles. The van der Waals surface area contributed by atoms with Crippen LogP contribution < -0.4 is 10.1 Å². The van der Waals surface area contributed by atoms with E-state index in [1.165, 1.54) is 11.1 Å². The molecule has 7 nitrogen and oxygen atoms in total. The van der Waals surface area contributed by atoms with E-state index >= 15 is 0 Å². The highest BCUT2D eigenvalue weighted by Crippen LogP contribution is 2.28. The third kappa shape index (κ3) is 4.64. The molecule has 2 aromatic carbocycles. The molecule has 0 spiro atoms. The molecule has 4 rings (SSSR count). The van der Waals surface area contributed by atoms with Gasteiger partial charge in [0.25, 0.3) is 5.91 Å². The van der Waals surface area contributed by atoms with Crippen LogP contribution in [-0.2, 0) is 13.6 Å². The van der Waals surface area contributed by atoms with Crippen LogP contribution in [0.5, 0.6) is 5.75 Å². The summed E-state index contributed by atoms with van der Waals surface area (Å²) in [5, 5.41) is 7.68. The highest BCUT2D eigenvalue weighted by atomic mass is 35.5. The number of aryl methyl sites for hydroxylation is 3.